The van der Waals surface area contributed by atoms with Crippen LogP contribution in [-0.2, 0) is 11.2 Å². The van der Waals surface area contributed by atoms with Crippen LogP contribution >= 0.6 is 11.6 Å². The zero-order valence-electron chi connectivity index (χ0n) is 12.7. The first-order valence-corrected chi connectivity index (χ1v) is 7.80. The van der Waals surface area contributed by atoms with Crippen LogP contribution in [0.1, 0.15) is 17.5 Å². The van der Waals surface area contributed by atoms with Gasteiger partial charge in [-0.05, 0) is 48.4 Å². The van der Waals surface area contributed by atoms with Crippen molar-refractivity contribution in [1.82, 2.24) is 5.32 Å². The fourth-order valence-electron chi connectivity index (χ4n) is 2.11. The Kier molecular flexibility index (Phi) is 6.46. The van der Waals surface area contributed by atoms with E-state index in [9.17, 15) is 4.79 Å². The Balaban J connectivity index is 1.64. The number of carbonyl (C=O) groups excluding carboxylic acids is 1. The molecule has 0 radical (unpaired) electrons. The van der Waals surface area contributed by atoms with Crippen LogP contribution in [0.15, 0.2) is 48.5 Å². The van der Waals surface area contributed by atoms with E-state index in [1.807, 2.05) is 36.4 Å². The topological polar surface area (TPSA) is 64.9 Å². The average molecular weight is 328 g/mol. The van der Waals surface area contributed by atoms with Crippen LogP contribution in [0.3, 0.4) is 0 Å². The molecular weight excluding hydrogens is 310 g/mol. The number of rotatable bonds is 7. The molecule has 2 rings (SSSR count). The number of nitrogens with zero attached hydrogens (tertiary/aromatic N) is 1. The maximum Gasteiger partial charge on any atom is 0.221 e. The standard InChI is InChI=1S/C18H18ClN3O/c19-16-3-1-2-14(12-16)8-10-22-18(23)9-11-21-17-6-4-15(13-20)5-7-17/h1-7,12,21H,8-11H2,(H,22,23). The smallest absolute Gasteiger partial charge is 0.221 e. The summed E-state index contributed by atoms with van der Waals surface area (Å²) in [5.41, 5.74) is 2.62. The van der Waals surface area contributed by atoms with E-state index in [4.69, 9.17) is 16.9 Å². The Labute approximate surface area is 141 Å². The lowest BCUT2D eigenvalue weighted by Gasteiger charge is -2.08. The Morgan fingerprint density at radius 3 is 2.61 bits per heavy atom. The molecule has 0 spiro atoms. The summed E-state index contributed by atoms with van der Waals surface area (Å²) in [6.07, 6.45) is 1.16. The van der Waals surface area contributed by atoms with Crippen LogP contribution in [0.4, 0.5) is 5.69 Å². The van der Waals surface area contributed by atoms with Gasteiger partial charge in [-0.1, -0.05) is 23.7 Å². The Morgan fingerprint density at radius 2 is 1.91 bits per heavy atom. The molecule has 2 N–H and O–H groups in total. The number of anilines is 1. The minimum absolute atomic E-state index is 0.00757. The lowest BCUT2D eigenvalue weighted by molar-refractivity contribution is -0.120. The van der Waals surface area contributed by atoms with Crippen LogP contribution in [0.5, 0.6) is 0 Å². The zero-order chi connectivity index (χ0) is 16.5. The maximum absolute atomic E-state index is 11.8. The predicted molar refractivity (Wildman–Crippen MR) is 92.4 cm³/mol. The maximum atomic E-state index is 11.8. The molecule has 0 heterocycles. The summed E-state index contributed by atoms with van der Waals surface area (Å²) < 4.78 is 0. The molecule has 4 nitrogen and oxygen atoms in total. The Bertz CT molecular complexity index is 692. The van der Waals surface area contributed by atoms with Gasteiger partial charge in [0.05, 0.1) is 11.6 Å². The highest BCUT2D eigenvalue weighted by molar-refractivity contribution is 6.30. The summed E-state index contributed by atoms with van der Waals surface area (Å²) >= 11 is 5.92. The normalized spacial score (nSPS) is 9.91. The van der Waals surface area contributed by atoms with E-state index in [2.05, 4.69) is 16.7 Å². The molecule has 0 bridgehead atoms. The fraction of sp³-hybridized carbons (Fsp3) is 0.222. The highest BCUT2D eigenvalue weighted by Gasteiger charge is 2.01. The molecule has 0 aliphatic heterocycles. The van der Waals surface area contributed by atoms with Crippen molar-refractivity contribution < 1.29 is 4.79 Å². The van der Waals surface area contributed by atoms with Crippen LogP contribution in [0.2, 0.25) is 5.02 Å². The number of hydrogen-bond acceptors (Lipinski definition) is 3. The summed E-state index contributed by atoms with van der Waals surface area (Å²) in [6.45, 7) is 1.14. The molecule has 118 valence electrons. The second-order valence-electron chi connectivity index (χ2n) is 5.10. The van der Waals surface area contributed by atoms with Gasteiger partial charge < -0.3 is 10.6 Å². The summed E-state index contributed by atoms with van der Waals surface area (Å²) in [6, 6.07) is 16.8. The third-order valence-corrected chi connectivity index (χ3v) is 3.56. The van der Waals surface area contributed by atoms with Gasteiger partial charge in [-0.25, -0.2) is 0 Å². The van der Waals surface area contributed by atoms with Gasteiger partial charge in [-0.3, -0.25) is 4.79 Å². The Morgan fingerprint density at radius 1 is 1.13 bits per heavy atom. The number of halogens is 1. The minimum atomic E-state index is 0.00757. The second-order valence-corrected chi connectivity index (χ2v) is 5.53. The lowest BCUT2D eigenvalue weighted by atomic mass is 10.1. The summed E-state index contributed by atoms with van der Waals surface area (Å²) in [5, 5.41) is 15.5. The van der Waals surface area contributed by atoms with Gasteiger partial charge in [0.15, 0.2) is 0 Å². The number of nitrogens with one attached hydrogen (secondary N) is 2. The minimum Gasteiger partial charge on any atom is -0.385 e. The van der Waals surface area contributed by atoms with Crippen molar-refractivity contribution in [2.75, 3.05) is 18.4 Å². The molecule has 23 heavy (non-hydrogen) atoms. The first kappa shape index (κ1) is 16.9. The number of carbonyl (C=O) groups is 1. The summed E-state index contributed by atoms with van der Waals surface area (Å²) in [5.74, 6) is 0.00757. The van der Waals surface area contributed by atoms with E-state index in [0.717, 1.165) is 17.7 Å². The quantitative estimate of drug-likeness (QED) is 0.819. The van der Waals surface area contributed by atoms with E-state index >= 15 is 0 Å². The molecule has 0 unspecified atom stereocenters. The predicted octanol–water partition coefficient (Wildman–Crippen LogP) is 3.37. The molecule has 0 atom stereocenters. The monoisotopic (exact) mass is 327 g/mol. The van der Waals surface area contributed by atoms with Gasteiger partial charge in [0, 0.05) is 30.2 Å². The summed E-state index contributed by atoms with van der Waals surface area (Å²) in [4.78, 5) is 11.8. The van der Waals surface area contributed by atoms with Gasteiger partial charge in [0.2, 0.25) is 5.91 Å². The van der Waals surface area contributed by atoms with E-state index in [1.165, 1.54) is 0 Å². The Hall–Kier alpha value is -2.51. The molecule has 0 fully saturated rings. The molecular formula is C18H18ClN3O. The highest BCUT2D eigenvalue weighted by atomic mass is 35.5. The molecule has 0 saturated carbocycles. The summed E-state index contributed by atoms with van der Waals surface area (Å²) in [7, 11) is 0. The SMILES string of the molecule is N#Cc1ccc(NCCC(=O)NCCc2cccc(Cl)c2)cc1. The van der Waals surface area contributed by atoms with Gasteiger partial charge in [-0.2, -0.15) is 5.26 Å². The number of hydrogen-bond donors (Lipinski definition) is 2. The van der Waals surface area contributed by atoms with Crippen LogP contribution in [0, 0.1) is 11.3 Å². The van der Waals surface area contributed by atoms with Crippen molar-refractivity contribution in [3.8, 4) is 6.07 Å². The third kappa shape index (κ3) is 6.01. The van der Waals surface area contributed by atoms with E-state index in [1.54, 1.807) is 12.1 Å². The molecule has 0 saturated heterocycles. The van der Waals surface area contributed by atoms with Crippen molar-refractivity contribution in [3.63, 3.8) is 0 Å². The van der Waals surface area contributed by atoms with Crippen molar-refractivity contribution in [2.45, 2.75) is 12.8 Å². The molecule has 2 aromatic rings. The van der Waals surface area contributed by atoms with Crippen molar-refractivity contribution in [3.05, 3.63) is 64.7 Å². The molecule has 1 amide bonds. The van der Waals surface area contributed by atoms with E-state index < -0.39 is 0 Å². The molecule has 5 heteroatoms. The zero-order valence-corrected chi connectivity index (χ0v) is 13.4. The molecule has 2 aromatic carbocycles. The lowest BCUT2D eigenvalue weighted by Crippen LogP contribution is -2.27. The van der Waals surface area contributed by atoms with Crippen molar-refractivity contribution >= 4 is 23.2 Å². The molecule has 0 aromatic heterocycles. The number of nitriles is 1. The molecule has 0 aliphatic carbocycles. The van der Waals surface area contributed by atoms with E-state index in [-0.39, 0.29) is 5.91 Å². The highest BCUT2D eigenvalue weighted by Crippen LogP contribution is 2.11. The second kappa shape index (κ2) is 8.82. The van der Waals surface area contributed by atoms with Gasteiger partial charge in [0.1, 0.15) is 0 Å². The number of benzene rings is 2. The number of amides is 1. The van der Waals surface area contributed by atoms with Crippen molar-refractivity contribution in [1.29, 1.82) is 5.26 Å². The van der Waals surface area contributed by atoms with Crippen LogP contribution in [0.25, 0.3) is 0 Å². The van der Waals surface area contributed by atoms with Gasteiger partial charge >= 0.3 is 0 Å². The van der Waals surface area contributed by atoms with Crippen LogP contribution in [-0.4, -0.2) is 19.0 Å². The van der Waals surface area contributed by atoms with Gasteiger partial charge in [-0.15, -0.1) is 0 Å². The first-order chi connectivity index (χ1) is 11.2. The largest absolute Gasteiger partial charge is 0.385 e. The first-order valence-electron chi connectivity index (χ1n) is 7.42. The van der Waals surface area contributed by atoms with E-state index in [0.29, 0.717) is 30.1 Å². The average Bonchev–Trinajstić information content (AvgIpc) is 2.55. The third-order valence-electron chi connectivity index (χ3n) is 3.32. The fourth-order valence-corrected chi connectivity index (χ4v) is 2.32. The van der Waals surface area contributed by atoms with Crippen LogP contribution < -0.4 is 10.6 Å². The van der Waals surface area contributed by atoms with Crippen molar-refractivity contribution in [2.24, 2.45) is 0 Å². The van der Waals surface area contributed by atoms with Gasteiger partial charge in [0.25, 0.3) is 0 Å². The molecule has 0 aliphatic rings.